The summed E-state index contributed by atoms with van der Waals surface area (Å²) in [6, 6.07) is 4.64. The molecule has 1 saturated carbocycles. The fraction of sp³-hybridized carbons (Fsp3) is 0.722. The molecule has 1 fully saturated rings. The Labute approximate surface area is 124 Å². The average Bonchev–Trinajstić information content (AvgIpc) is 2.45. The molecule has 0 aliphatic heterocycles. The zero-order valence-electron chi connectivity index (χ0n) is 13.5. The summed E-state index contributed by atoms with van der Waals surface area (Å²) in [4.78, 5) is 4.08. The van der Waals surface area contributed by atoms with Gasteiger partial charge in [-0.05, 0) is 74.1 Å². The van der Waals surface area contributed by atoms with E-state index >= 15 is 0 Å². The minimum atomic E-state index is 0.429. The Kier molecular flexibility index (Phi) is 5.20. The molecule has 1 heterocycles. The Hall–Kier alpha value is -0.890. The van der Waals surface area contributed by atoms with Crippen LogP contribution in [0.1, 0.15) is 65.0 Å². The summed E-state index contributed by atoms with van der Waals surface area (Å²) >= 11 is 0. The highest BCUT2D eigenvalue weighted by Crippen LogP contribution is 2.39. The maximum atomic E-state index is 4.08. The minimum absolute atomic E-state index is 0.429. The zero-order chi connectivity index (χ0) is 14.6. The van der Waals surface area contributed by atoms with Gasteiger partial charge in [0.05, 0.1) is 0 Å². The summed E-state index contributed by atoms with van der Waals surface area (Å²) in [5, 5.41) is 3.69. The van der Waals surface area contributed by atoms with Gasteiger partial charge < -0.3 is 5.32 Å². The Bertz CT molecular complexity index is 386. The molecule has 1 aliphatic rings. The van der Waals surface area contributed by atoms with Crippen molar-refractivity contribution in [2.45, 2.75) is 59.4 Å². The van der Waals surface area contributed by atoms with Crippen LogP contribution in [0.2, 0.25) is 0 Å². The van der Waals surface area contributed by atoms with Gasteiger partial charge >= 0.3 is 0 Å². The number of nitrogens with zero attached hydrogens (tertiary/aromatic N) is 1. The van der Waals surface area contributed by atoms with E-state index in [-0.39, 0.29) is 0 Å². The molecule has 1 N–H and O–H groups in total. The van der Waals surface area contributed by atoms with Crippen LogP contribution in [0, 0.1) is 17.3 Å². The third-order valence-electron chi connectivity index (χ3n) is 4.99. The summed E-state index contributed by atoms with van der Waals surface area (Å²) in [5.41, 5.74) is 1.83. The van der Waals surface area contributed by atoms with E-state index in [0.717, 1.165) is 18.4 Å². The monoisotopic (exact) mass is 274 g/mol. The van der Waals surface area contributed by atoms with Gasteiger partial charge in [0.25, 0.3) is 0 Å². The summed E-state index contributed by atoms with van der Waals surface area (Å²) < 4.78 is 0. The molecule has 0 spiro atoms. The molecule has 112 valence electrons. The second kappa shape index (κ2) is 6.71. The van der Waals surface area contributed by atoms with Crippen LogP contribution in [0.3, 0.4) is 0 Å². The molecule has 0 amide bonds. The fourth-order valence-corrected chi connectivity index (χ4v) is 3.35. The van der Waals surface area contributed by atoms with Crippen molar-refractivity contribution in [3.8, 4) is 0 Å². The molecule has 20 heavy (non-hydrogen) atoms. The van der Waals surface area contributed by atoms with Gasteiger partial charge in [-0.1, -0.05) is 20.8 Å². The van der Waals surface area contributed by atoms with E-state index < -0.39 is 0 Å². The molecule has 0 bridgehead atoms. The van der Waals surface area contributed by atoms with Gasteiger partial charge in [-0.25, -0.2) is 0 Å². The van der Waals surface area contributed by atoms with Crippen LogP contribution in [-0.2, 0) is 0 Å². The van der Waals surface area contributed by atoms with E-state index in [4.69, 9.17) is 0 Å². The number of nitrogens with one attached hydrogen (secondary N) is 1. The summed E-state index contributed by atoms with van der Waals surface area (Å²) in [7, 11) is 0. The Balaban J connectivity index is 1.74. The minimum Gasteiger partial charge on any atom is -0.310 e. The first-order valence-corrected chi connectivity index (χ1v) is 8.10. The van der Waals surface area contributed by atoms with E-state index in [2.05, 4.69) is 50.1 Å². The van der Waals surface area contributed by atoms with Crippen molar-refractivity contribution in [1.29, 1.82) is 0 Å². The van der Waals surface area contributed by atoms with Crippen molar-refractivity contribution in [1.82, 2.24) is 10.3 Å². The van der Waals surface area contributed by atoms with Crippen LogP contribution >= 0.6 is 0 Å². The third kappa shape index (κ3) is 4.31. The molecule has 2 nitrogen and oxygen atoms in total. The molecular formula is C18H30N2. The van der Waals surface area contributed by atoms with Crippen LogP contribution in [0.25, 0.3) is 0 Å². The first kappa shape index (κ1) is 15.5. The van der Waals surface area contributed by atoms with Gasteiger partial charge in [0, 0.05) is 18.4 Å². The number of aromatic nitrogens is 1. The third-order valence-corrected chi connectivity index (χ3v) is 4.99. The second-order valence-corrected chi connectivity index (χ2v) is 7.49. The van der Waals surface area contributed by atoms with Crippen LogP contribution in [0.5, 0.6) is 0 Å². The lowest BCUT2D eigenvalue weighted by molar-refractivity contribution is 0.148. The summed E-state index contributed by atoms with van der Waals surface area (Å²) in [6.45, 7) is 10.6. The predicted molar refractivity (Wildman–Crippen MR) is 85.6 cm³/mol. The maximum absolute atomic E-state index is 4.08. The van der Waals surface area contributed by atoms with Crippen LogP contribution < -0.4 is 5.32 Å². The first-order chi connectivity index (χ1) is 9.47. The second-order valence-electron chi connectivity index (χ2n) is 7.49. The molecule has 0 radical (unpaired) electrons. The van der Waals surface area contributed by atoms with Crippen molar-refractivity contribution < 1.29 is 0 Å². The van der Waals surface area contributed by atoms with Crippen molar-refractivity contribution in [2.24, 2.45) is 17.3 Å². The molecule has 0 unspecified atom stereocenters. The van der Waals surface area contributed by atoms with Gasteiger partial charge in [-0.15, -0.1) is 0 Å². The van der Waals surface area contributed by atoms with Gasteiger partial charge in [0.15, 0.2) is 0 Å². The highest BCUT2D eigenvalue weighted by Gasteiger charge is 2.29. The molecule has 1 atom stereocenters. The molecule has 0 aromatic carbocycles. The van der Waals surface area contributed by atoms with Crippen molar-refractivity contribution in [3.63, 3.8) is 0 Å². The smallest absolute Gasteiger partial charge is 0.0293 e. The predicted octanol–water partition coefficient (Wildman–Crippen LogP) is 4.58. The quantitative estimate of drug-likeness (QED) is 0.869. The van der Waals surface area contributed by atoms with Gasteiger partial charge in [0.1, 0.15) is 0 Å². The maximum Gasteiger partial charge on any atom is 0.0293 e. The average molecular weight is 274 g/mol. The van der Waals surface area contributed by atoms with Crippen LogP contribution in [-0.4, -0.2) is 11.5 Å². The SMILES string of the molecule is C[C@@H](NCC1CCC(C(C)(C)C)CC1)c1ccncc1. The topological polar surface area (TPSA) is 24.9 Å². The van der Waals surface area contributed by atoms with E-state index in [1.807, 2.05) is 12.4 Å². The van der Waals surface area contributed by atoms with Gasteiger partial charge in [0.2, 0.25) is 0 Å². The lowest BCUT2D eigenvalue weighted by Gasteiger charge is -2.37. The molecule has 0 saturated heterocycles. The standard InChI is InChI=1S/C18H30N2/c1-14(16-9-11-19-12-10-16)20-13-15-5-7-17(8-6-15)18(2,3)4/h9-12,14-15,17,20H,5-8,13H2,1-4H3/t14-,15?,17?/m1/s1. The number of pyridine rings is 1. The van der Waals surface area contributed by atoms with Crippen LogP contribution in [0.4, 0.5) is 0 Å². The van der Waals surface area contributed by atoms with E-state index in [1.165, 1.54) is 31.2 Å². The number of hydrogen-bond donors (Lipinski definition) is 1. The van der Waals surface area contributed by atoms with Crippen molar-refractivity contribution in [3.05, 3.63) is 30.1 Å². The van der Waals surface area contributed by atoms with Crippen molar-refractivity contribution >= 4 is 0 Å². The zero-order valence-corrected chi connectivity index (χ0v) is 13.5. The highest BCUT2D eigenvalue weighted by molar-refractivity contribution is 5.13. The fourth-order valence-electron chi connectivity index (χ4n) is 3.35. The highest BCUT2D eigenvalue weighted by atomic mass is 14.9. The lowest BCUT2D eigenvalue weighted by Crippen LogP contribution is -2.31. The Morgan fingerprint density at radius 1 is 1.15 bits per heavy atom. The molecule has 2 rings (SSSR count). The first-order valence-electron chi connectivity index (χ1n) is 8.10. The Morgan fingerprint density at radius 3 is 2.30 bits per heavy atom. The van der Waals surface area contributed by atoms with E-state index in [9.17, 15) is 0 Å². The van der Waals surface area contributed by atoms with Gasteiger partial charge in [-0.3, -0.25) is 4.98 Å². The Morgan fingerprint density at radius 2 is 1.75 bits per heavy atom. The lowest BCUT2D eigenvalue weighted by atomic mass is 9.70. The van der Waals surface area contributed by atoms with Crippen molar-refractivity contribution in [2.75, 3.05) is 6.54 Å². The summed E-state index contributed by atoms with van der Waals surface area (Å²) in [5.74, 6) is 1.77. The number of rotatable bonds is 4. The van der Waals surface area contributed by atoms with Gasteiger partial charge in [-0.2, -0.15) is 0 Å². The largest absolute Gasteiger partial charge is 0.310 e. The molecule has 1 aliphatic carbocycles. The number of hydrogen-bond acceptors (Lipinski definition) is 2. The summed E-state index contributed by atoms with van der Waals surface area (Å²) in [6.07, 6.45) is 9.33. The van der Waals surface area contributed by atoms with E-state index in [0.29, 0.717) is 11.5 Å². The molecule has 1 aromatic rings. The normalized spacial score (nSPS) is 25.4. The van der Waals surface area contributed by atoms with E-state index in [1.54, 1.807) is 0 Å². The molecule has 1 aromatic heterocycles. The molecular weight excluding hydrogens is 244 g/mol. The van der Waals surface area contributed by atoms with Crippen LogP contribution in [0.15, 0.2) is 24.5 Å². The molecule has 2 heteroatoms.